The largest absolute Gasteiger partial charge is 0.489 e. The van der Waals surface area contributed by atoms with Crippen molar-refractivity contribution in [2.75, 3.05) is 0 Å². The van der Waals surface area contributed by atoms with Gasteiger partial charge in [0.15, 0.2) is 0 Å². The van der Waals surface area contributed by atoms with Crippen LogP contribution in [0.25, 0.3) is 0 Å². The number of ether oxygens (including phenoxy) is 1. The lowest BCUT2D eigenvalue weighted by atomic mass is 10.2. The number of hydrogen-bond acceptors (Lipinski definition) is 1. The van der Waals surface area contributed by atoms with E-state index in [0.29, 0.717) is 15.8 Å². The molecule has 1 nitrogen and oxygen atoms in total. The number of rotatable bonds is 3. The first-order valence-electron chi connectivity index (χ1n) is 4.97. The summed E-state index contributed by atoms with van der Waals surface area (Å²) in [4.78, 5) is 0. The Kier molecular flexibility index (Phi) is 3.74. The van der Waals surface area contributed by atoms with Gasteiger partial charge >= 0.3 is 0 Å². The van der Waals surface area contributed by atoms with Crippen LogP contribution in [0.15, 0.2) is 46.9 Å². The highest BCUT2D eigenvalue weighted by Gasteiger charge is 2.02. The van der Waals surface area contributed by atoms with Crippen molar-refractivity contribution >= 4 is 15.9 Å². The predicted octanol–water partition coefficient (Wildman–Crippen LogP) is 4.31. The molecule has 0 aliphatic heterocycles. The minimum Gasteiger partial charge on any atom is -0.489 e. The molecule has 0 atom stereocenters. The third kappa shape index (κ3) is 3.27. The second-order valence-corrected chi connectivity index (χ2v) is 4.35. The van der Waals surface area contributed by atoms with Crippen molar-refractivity contribution < 1.29 is 13.5 Å². The maximum Gasteiger partial charge on any atom is 0.137 e. The molecular weight excluding hydrogens is 290 g/mol. The van der Waals surface area contributed by atoms with Gasteiger partial charge in [-0.25, -0.2) is 8.78 Å². The minimum absolute atomic E-state index is 0.202. The van der Waals surface area contributed by atoms with Gasteiger partial charge in [0.1, 0.15) is 24.0 Å². The molecule has 0 fully saturated rings. The molecule has 17 heavy (non-hydrogen) atoms. The number of benzene rings is 2. The summed E-state index contributed by atoms with van der Waals surface area (Å²) in [6.45, 7) is 0.202. The minimum atomic E-state index is -0.357. The summed E-state index contributed by atoms with van der Waals surface area (Å²) in [6.07, 6.45) is 0. The zero-order chi connectivity index (χ0) is 12.3. The Bertz CT molecular complexity index is 529. The molecule has 2 aromatic rings. The molecule has 0 spiro atoms. The van der Waals surface area contributed by atoms with E-state index in [1.165, 1.54) is 18.2 Å². The van der Waals surface area contributed by atoms with Crippen LogP contribution in [0.4, 0.5) is 8.78 Å². The van der Waals surface area contributed by atoms with Crippen molar-refractivity contribution in [3.05, 3.63) is 64.1 Å². The zero-order valence-electron chi connectivity index (χ0n) is 8.79. The first-order valence-corrected chi connectivity index (χ1v) is 5.77. The summed E-state index contributed by atoms with van der Waals surface area (Å²) in [6, 6.07) is 10.6. The third-order valence-electron chi connectivity index (χ3n) is 2.19. The quantitative estimate of drug-likeness (QED) is 0.820. The topological polar surface area (TPSA) is 9.23 Å². The lowest BCUT2D eigenvalue weighted by Gasteiger charge is -2.06. The van der Waals surface area contributed by atoms with E-state index < -0.39 is 0 Å². The fourth-order valence-corrected chi connectivity index (χ4v) is 1.60. The maximum atomic E-state index is 13.2. The van der Waals surface area contributed by atoms with Gasteiger partial charge in [-0.05, 0) is 45.8 Å². The summed E-state index contributed by atoms with van der Waals surface area (Å²) in [5.41, 5.74) is 0.690. The highest BCUT2D eigenvalue weighted by atomic mass is 79.9. The fourth-order valence-electron chi connectivity index (χ4n) is 1.35. The normalized spacial score (nSPS) is 10.3. The first kappa shape index (κ1) is 12.0. The highest BCUT2D eigenvalue weighted by Crippen LogP contribution is 2.18. The van der Waals surface area contributed by atoms with Crippen LogP contribution in [-0.2, 0) is 6.61 Å². The van der Waals surface area contributed by atoms with Crippen molar-refractivity contribution in [1.82, 2.24) is 0 Å². The molecule has 4 heteroatoms. The number of halogens is 3. The molecule has 88 valence electrons. The van der Waals surface area contributed by atoms with E-state index in [2.05, 4.69) is 15.9 Å². The van der Waals surface area contributed by atoms with E-state index in [0.717, 1.165) is 0 Å². The Morgan fingerprint density at radius 1 is 1.06 bits per heavy atom. The molecule has 0 aliphatic carbocycles. The molecule has 0 saturated heterocycles. The Morgan fingerprint density at radius 3 is 2.59 bits per heavy atom. The van der Waals surface area contributed by atoms with Crippen molar-refractivity contribution in [3.63, 3.8) is 0 Å². The Hall–Kier alpha value is -1.42. The summed E-state index contributed by atoms with van der Waals surface area (Å²) in [5.74, 6) is -0.275. The summed E-state index contributed by atoms with van der Waals surface area (Å²) >= 11 is 3.07. The smallest absolute Gasteiger partial charge is 0.137 e. The van der Waals surface area contributed by atoms with Crippen molar-refractivity contribution in [2.24, 2.45) is 0 Å². The van der Waals surface area contributed by atoms with Crippen LogP contribution < -0.4 is 4.74 Å². The van der Waals surface area contributed by atoms with Crippen LogP contribution >= 0.6 is 15.9 Å². The third-order valence-corrected chi connectivity index (χ3v) is 2.83. The zero-order valence-corrected chi connectivity index (χ0v) is 10.4. The van der Waals surface area contributed by atoms with Crippen molar-refractivity contribution in [1.29, 1.82) is 0 Å². The molecule has 0 heterocycles. The van der Waals surface area contributed by atoms with E-state index in [4.69, 9.17) is 4.74 Å². The lowest BCUT2D eigenvalue weighted by Crippen LogP contribution is -1.96. The van der Waals surface area contributed by atoms with E-state index >= 15 is 0 Å². The summed E-state index contributed by atoms with van der Waals surface area (Å²) < 4.78 is 31.8. The molecule has 0 bridgehead atoms. The predicted molar refractivity (Wildman–Crippen MR) is 64.8 cm³/mol. The van der Waals surface area contributed by atoms with Gasteiger partial charge in [-0.3, -0.25) is 0 Å². The maximum absolute atomic E-state index is 13.2. The van der Waals surface area contributed by atoms with Gasteiger partial charge in [-0.15, -0.1) is 0 Å². The molecular formula is C13H9BrF2O. The summed E-state index contributed by atoms with van der Waals surface area (Å²) in [7, 11) is 0. The van der Waals surface area contributed by atoms with Crippen LogP contribution in [0.5, 0.6) is 5.75 Å². The van der Waals surface area contributed by atoms with Gasteiger partial charge in [-0.1, -0.05) is 12.1 Å². The molecule has 0 N–H and O–H groups in total. The van der Waals surface area contributed by atoms with Gasteiger partial charge in [0.2, 0.25) is 0 Å². The molecule has 2 aromatic carbocycles. The molecule has 2 rings (SSSR count). The van der Waals surface area contributed by atoms with E-state index in [-0.39, 0.29) is 18.2 Å². The molecule has 0 aromatic heterocycles. The monoisotopic (exact) mass is 298 g/mol. The van der Waals surface area contributed by atoms with Gasteiger partial charge in [0.25, 0.3) is 0 Å². The van der Waals surface area contributed by atoms with Crippen molar-refractivity contribution in [3.8, 4) is 5.75 Å². The van der Waals surface area contributed by atoms with E-state index in [9.17, 15) is 8.78 Å². The number of hydrogen-bond donors (Lipinski definition) is 0. The molecule has 0 unspecified atom stereocenters. The first-order chi connectivity index (χ1) is 8.15. The Morgan fingerprint density at radius 2 is 1.88 bits per heavy atom. The van der Waals surface area contributed by atoms with Crippen LogP contribution in [0.3, 0.4) is 0 Å². The standard InChI is InChI=1S/C13H9BrF2O/c14-12-5-4-9(6-13(12)16)8-17-11-3-1-2-10(15)7-11/h1-7H,8H2. The van der Waals surface area contributed by atoms with E-state index in [1.54, 1.807) is 24.3 Å². The van der Waals surface area contributed by atoms with Crippen LogP contribution in [0.2, 0.25) is 0 Å². The fraction of sp³-hybridized carbons (Fsp3) is 0.0769. The Labute approximate surface area is 106 Å². The van der Waals surface area contributed by atoms with Gasteiger partial charge < -0.3 is 4.74 Å². The molecule has 0 saturated carbocycles. The van der Waals surface area contributed by atoms with Gasteiger partial charge in [0.05, 0.1) is 4.47 Å². The molecule has 0 amide bonds. The second-order valence-electron chi connectivity index (χ2n) is 3.49. The molecule has 0 aliphatic rings. The van der Waals surface area contributed by atoms with Gasteiger partial charge in [0, 0.05) is 6.07 Å². The lowest BCUT2D eigenvalue weighted by molar-refractivity contribution is 0.304. The second kappa shape index (κ2) is 5.27. The average Bonchev–Trinajstić information content (AvgIpc) is 2.31. The SMILES string of the molecule is Fc1cccc(OCc2ccc(Br)c(F)c2)c1. The highest BCUT2D eigenvalue weighted by molar-refractivity contribution is 9.10. The Balaban J connectivity index is 2.05. The molecule has 0 radical (unpaired) electrons. The van der Waals surface area contributed by atoms with Gasteiger partial charge in [-0.2, -0.15) is 0 Å². The van der Waals surface area contributed by atoms with Crippen LogP contribution in [0, 0.1) is 11.6 Å². The summed E-state index contributed by atoms with van der Waals surface area (Å²) in [5, 5.41) is 0. The average molecular weight is 299 g/mol. The van der Waals surface area contributed by atoms with Crippen LogP contribution in [-0.4, -0.2) is 0 Å². The van der Waals surface area contributed by atoms with E-state index in [1.807, 2.05) is 0 Å². The van der Waals surface area contributed by atoms with Crippen molar-refractivity contribution in [2.45, 2.75) is 6.61 Å². The van der Waals surface area contributed by atoms with Crippen LogP contribution in [0.1, 0.15) is 5.56 Å².